The Morgan fingerprint density at radius 3 is 2.45 bits per heavy atom. The molecule has 0 spiro atoms. The van der Waals surface area contributed by atoms with Gasteiger partial charge in [-0.25, -0.2) is 0 Å². The minimum Gasteiger partial charge on any atom is -0.352 e. The third-order valence-corrected chi connectivity index (χ3v) is 4.04. The van der Waals surface area contributed by atoms with Gasteiger partial charge in [-0.3, -0.25) is 4.79 Å². The summed E-state index contributed by atoms with van der Waals surface area (Å²) in [5.74, 6) is 1.02. The van der Waals surface area contributed by atoms with E-state index in [1.165, 1.54) is 0 Å². The van der Waals surface area contributed by atoms with Crippen LogP contribution in [0, 0.1) is 0 Å². The first kappa shape index (κ1) is 14.8. The molecular weight excluding hydrogens is 300 g/mol. The van der Waals surface area contributed by atoms with Crippen LogP contribution in [0.2, 0.25) is 5.02 Å². The maximum absolute atomic E-state index is 12.3. The Labute approximate surface area is 134 Å². The molecule has 2 heterocycles. The fourth-order valence-corrected chi connectivity index (χ4v) is 2.66. The van der Waals surface area contributed by atoms with Crippen LogP contribution in [-0.2, 0) is 11.2 Å². The summed E-state index contributed by atoms with van der Waals surface area (Å²) in [7, 11) is 0. The molecule has 22 heavy (non-hydrogen) atoms. The highest BCUT2D eigenvalue weighted by molar-refractivity contribution is 6.30. The van der Waals surface area contributed by atoms with Crippen LogP contribution in [0.25, 0.3) is 0 Å². The van der Waals surface area contributed by atoms with Gasteiger partial charge in [0, 0.05) is 37.4 Å². The number of rotatable bonds is 3. The number of amides is 1. The summed E-state index contributed by atoms with van der Waals surface area (Å²) in [6, 6.07) is 11.2. The van der Waals surface area contributed by atoms with Gasteiger partial charge in [-0.15, -0.1) is 5.10 Å². The SMILES string of the molecule is O=C(Cc1ccc(Cl)cc1)N1CCN(c2cccnn2)CC1. The molecule has 1 amide bonds. The lowest BCUT2D eigenvalue weighted by molar-refractivity contribution is -0.130. The standard InChI is InChI=1S/C16H17ClN4O/c17-14-5-3-13(4-6-14)12-16(22)21-10-8-20(9-11-21)15-2-1-7-18-19-15/h1-7H,8-12H2. The van der Waals surface area contributed by atoms with Gasteiger partial charge in [-0.1, -0.05) is 23.7 Å². The van der Waals surface area contributed by atoms with Crippen molar-refractivity contribution in [3.8, 4) is 0 Å². The van der Waals surface area contributed by atoms with E-state index in [4.69, 9.17) is 11.6 Å². The largest absolute Gasteiger partial charge is 0.352 e. The molecule has 5 nitrogen and oxygen atoms in total. The number of nitrogens with zero attached hydrogens (tertiary/aromatic N) is 4. The first-order chi connectivity index (χ1) is 10.7. The van der Waals surface area contributed by atoms with E-state index in [1.807, 2.05) is 41.3 Å². The molecule has 0 atom stereocenters. The van der Waals surface area contributed by atoms with Crippen molar-refractivity contribution in [1.82, 2.24) is 15.1 Å². The van der Waals surface area contributed by atoms with Crippen molar-refractivity contribution < 1.29 is 4.79 Å². The first-order valence-electron chi connectivity index (χ1n) is 7.27. The van der Waals surface area contributed by atoms with Crippen molar-refractivity contribution in [2.45, 2.75) is 6.42 Å². The van der Waals surface area contributed by atoms with Gasteiger partial charge >= 0.3 is 0 Å². The van der Waals surface area contributed by atoms with Gasteiger partial charge < -0.3 is 9.80 Å². The number of carbonyl (C=O) groups is 1. The van der Waals surface area contributed by atoms with Crippen LogP contribution >= 0.6 is 11.6 Å². The Morgan fingerprint density at radius 2 is 1.82 bits per heavy atom. The van der Waals surface area contributed by atoms with Gasteiger partial charge in [0.1, 0.15) is 0 Å². The highest BCUT2D eigenvalue weighted by Crippen LogP contribution is 2.14. The second-order valence-corrected chi connectivity index (χ2v) is 5.69. The molecule has 1 aromatic carbocycles. The molecule has 0 N–H and O–H groups in total. The summed E-state index contributed by atoms with van der Waals surface area (Å²) in [6.45, 7) is 2.99. The maximum Gasteiger partial charge on any atom is 0.227 e. The van der Waals surface area contributed by atoms with Crippen molar-refractivity contribution in [1.29, 1.82) is 0 Å². The lowest BCUT2D eigenvalue weighted by Crippen LogP contribution is -2.49. The summed E-state index contributed by atoms with van der Waals surface area (Å²) in [4.78, 5) is 16.4. The molecule has 0 saturated carbocycles. The normalized spacial score (nSPS) is 15.0. The van der Waals surface area contributed by atoms with Crippen molar-refractivity contribution in [2.75, 3.05) is 31.1 Å². The Bertz CT molecular complexity index is 624. The van der Waals surface area contributed by atoms with Crippen LogP contribution in [0.4, 0.5) is 5.82 Å². The number of hydrogen-bond donors (Lipinski definition) is 0. The van der Waals surface area contributed by atoms with Gasteiger partial charge in [-0.05, 0) is 29.8 Å². The van der Waals surface area contributed by atoms with Crippen LogP contribution in [0.5, 0.6) is 0 Å². The first-order valence-corrected chi connectivity index (χ1v) is 7.65. The fraction of sp³-hybridized carbons (Fsp3) is 0.312. The monoisotopic (exact) mass is 316 g/mol. The maximum atomic E-state index is 12.3. The Morgan fingerprint density at radius 1 is 1.09 bits per heavy atom. The van der Waals surface area contributed by atoms with Crippen LogP contribution in [0.15, 0.2) is 42.6 Å². The van der Waals surface area contributed by atoms with Crippen molar-refractivity contribution in [3.05, 3.63) is 53.2 Å². The number of anilines is 1. The van der Waals surface area contributed by atoms with Gasteiger partial charge in [0.25, 0.3) is 0 Å². The predicted octanol–water partition coefficient (Wildman–Crippen LogP) is 2.02. The zero-order valence-corrected chi connectivity index (χ0v) is 12.9. The van der Waals surface area contributed by atoms with E-state index < -0.39 is 0 Å². The second kappa shape index (κ2) is 6.75. The highest BCUT2D eigenvalue weighted by Gasteiger charge is 2.21. The molecule has 1 aliphatic heterocycles. The van der Waals surface area contributed by atoms with Gasteiger partial charge in [0.2, 0.25) is 5.91 Å². The van der Waals surface area contributed by atoms with Gasteiger partial charge in [0.15, 0.2) is 5.82 Å². The quantitative estimate of drug-likeness (QED) is 0.869. The van der Waals surface area contributed by atoms with E-state index in [2.05, 4.69) is 15.1 Å². The topological polar surface area (TPSA) is 49.3 Å². The Kier molecular flexibility index (Phi) is 4.53. The van der Waals surface area contributed by atoms with E-state index >= 15 is 0 Å². The summed E-state index contributed by atoms with van der Waals surface area (Å²) in [5.41, 5.74) is 0.991. The molecule has 114 valence electrons. The third-order valence-electron chi connectivity index (χ3n) is 3.78. The predicted molar refractivity (Wildman–Crippen MR) is 86.0 cm³/mol. The highest BCUT2D eigenvalue weighted by atomic mass is 35.5. The second-order valence-electron chi connectivity index (χ2n) is 5.25. The Hall–Kier alpha value is -2.14. The fourth-order valence-electron chi connectivity index (χ4n) is 2.54. The number of carbonyl (C=O) groups excluding carboxylic acids is 1. The van der Waals surface area contributed by atoms with Crippen molar-refractivity contribution in [2.24, 2.45) is 0 Å². The number of halogens is 1. The average molecular weight is 317 g/mol. The number of piperazine rings is 1. The molecule has 1 saturated heterocycles. The number of benzene rings is 1. The van der Waals surface area contributed by atoms with Crippen LogP contribution < -0.4 is 4.90 Å². The lowest BCUT2D eigenvalue weighted by atomic mass is 10.1. The molecule has 0 aliphatic carbocycles. The van der Waals surface area contributed by atoms with Crippen LogP contribution in [0.3, 0.4) is 0 Å². The zero-order chi connectivity index (χ0) is 15.4. The Balaban J connectivity index is 1.54. The summed E-state index contributed by atoms with van der Waals surface area (Å²) >= 11 is 5.86. The smallest absolute Gasteiger partial charge is 0.227 e. The molecule has 1 aliphatic rings. The number of aromatic nitrogens is 2. The molecule has 3 rings (SSSR count). The summed E-state index contributed by atoms with van der Waals surface area (Å²) in [6.07, 6.45) is 2.08. The minimum atomic E-state index is 0.154. The molecular formula is C16H17ClN4O. The molecule has 2 aromatic rings. The molecule has 1 aromatic heterocycles. The molecule has 1 fully saturated rings. The summed E-state index contributed by atoms with van der Waals surface area (Å²) in [5, 5.41) is 8.69. The molecule has 6 heteroatoms. The van der Waals surface area contributed by atoms with Crippen molar-refractivity contribution in [3.63, 3.8) is 0 Å². The van der Waals surface area contributed by atoms with E-state index in [1.54, 1.807) is 6.20 Å². The van der Waals surface area contributed by atoms with Crippen LogP contribution in [0.1, 0.15) is 5.56 Å². The lowest BCUT2D eigenvalue weighted by Gasteiger charge is -2.35. The van der Waals surface area contributed by atoms with E-state index in [0.717, 1.165) is 24.5 Å². The molecule has 0 radical (unpaired) electrons. The van der Waals surface area contributed by atoms with E-state index in [9.17, 15) is 4.79 Å². The zero-order valence-electron chi connectivity index (χ0n) is 12.2. The van der Waals surface area contributed by atoms with Crippen LogP contribution in [-0.4, -0.2) is 47.2 Å². The molecule has 0 bridgehead atoms. The van der Waals surface area contributed by atoms with Crippen molar-refractivity contribution >= 4 is 23.3 Å². The molecule has 0 unspecified atom stereocenters. The van der Waals surface area contributed by atoms with E-state index in [-0.39, 0.29) is 5.91 Å². The minimum absolute atomic E-state index is 0.154. The third kappa shape index (κ3) is 3.54. The van der Waals surface area contributed by atoms with Gasteiger partial charge in [0.05, 0.1) is 6.42 Å². The average Bonchev–Trinajstić information content (AvgIpc) is 2.58. The van der Waals surface area contributed by atoms with E-state index in [0.29, 0.717) is 24.5 Å². The number of hydrogen-bond acceptors (Lipinski definition) is 4. The van der Waals surface area contributed by atoms with Gasteiger partial charge in [-0.2, -0.15) is 5.10 Å². The summed E-state index contributed by atoms with van der Waals surface area (Å²) < 4.78 is 0.